The highest BCUT2D eigenvalue weighted by molar-refractivity contribution is 7.92. The molecule has 0 saturated heterocycles. The lowest BCUT2D eigenvalue weighted by molar-refractivity contribution is 0.0846. The van der Waals surface area contributed by atoms with Gasteiger partial charge in [-0.1, -0.05) is 54.1 Å². The fourth-order valence-electron chi connectivity index (χ4n) is 5.51. The van der Waals surface area contributed by atoms with Gasteiger partial charge in [0.25, 0.3) is 27.7 Å². The van der Waals surface area contributed by atoms with E-state index in [1.807, 2.05) is 36.4 Å². The molecule has 5 aromatic carbocycles. The smallest absolute Gasteiger partial charge is 0.269 e. The molecule has 0 radical (unpaired) electrons. The molecule has 0 spiro atoms. The maximum atomic E-state index is 13.4. The molecule has 0 bridgehead atoms. The Morgan fingerprint density at radius 3 is 2.15 bits per heavy atom. The molecule has 1 aliphatic heterocycles. The van der Waals surface area contributed by atoms with E-state index in [0.29, 0.717) is 23.4 Å². The lowest BCUT2D eigenvalue weighted by Crippen LogP contribution is -2.41. The predicted octanol–water partition coefficient (Wildman–Crippen LogP) is 5.85. The fraction of sp³-hybridized carbons (Fsp3) is 0.114. The number of amides is 3. The first kappa shape index (κ1) is 32.4. The van der Waals surface area contributed by atoms with Gasteiger partial charge in [0.2, 0.25) is 0 Å². The highest BCUT2D eigenvalue weighted by Crippen LogP contribution is 2.39. The zero-order chi connectivity index (χ0) is 34.2. The lowest BCUT2D eigenvalue weighted by Gasteiger charge is -2.18. The molecule has 3 N–H and O–H groups in total. The largest absolute Gasteiger partial charge is 0.495 e. The number of aryl methyl sites for hydroxylation is 1. The Hall–Kier alpha value is -5.59. The summed E-state index contributed by atoms with van der Waals surface area (Å²) in [5.41, 5.74) is 7.69. The van der Waals surface area contributed by atoms with Crippen LogP contribution in [-0.2, 0) is 16.6 Å². The molecule has 3 amide bonds. The molecule has 0 unspecified atom stereocenters. The average Bonchev–Trinajstić information content (AvgIpc) is 3.35. The van der Waals surface area contributed by atoms with Crippen LogP contribution in [0.3, 0.4) is 0 Å². The van der Waals surface area contributed by atoms with Crippen LogP contribution in [-0.4, -0.2) is 40.4 Å². The van der Waals surface area contributed by atoms with Crippen molar-refractivity contribution in [1.29, 1.82) is 0 Å². The fourth-order valence-corrected chi connectivity index (χ4v) is 7.08. The number of sulfonamides is 1. The van der Waals surface area contributed by atoms with Gasteiger partial charge < -0.3 is 14.4 Å². The summed E-state index contributed by atoms with van der Waals surface area (Å²) >= 11 is 6.20. The molecule has 1 aliphatic rings. The molecule has 0 fully saturated rings. The Labute approximate surface area is 281 Å². The molecular weight excluding hydrogens is 656 g/mol. The highest BCUT2D eigenvalue weighted by Gasteiger charge is 2.29. The van der Waals surface area contributed by atoms with Gasteiger partial charge in [-0.15, -0.1) is 0 Å². The summed E-state index contributed by atoms with van der Waals surface area (Å²) < 4.78 is 39.6. The number of hydrogen-bond acceptors (Lipinski definition) is 7. The van der Waals surface area contributed by atoms with E-state index < -0.39 is 21.8 Å². The first-order chi connectivity index (χ1) is 23.0. The van der Waals surface area contributed by atoms with E-state index >= 15 is 0 Å². The molecule has 244 valence electrons. The first-order valence-corrected chi connectivity index (χ1v) is 16.4. The quantitative estimate of drug-likeness (QED) is 0.165. The van der Waals surface area contributed by atoms with Gasteiger partial charge in [0.1, 0.15) is 11.5 Å². The topological polar surface area (TPSA) is 143 Å². The van der Waals surface area contributed by atoms with Crippen LogP contribution in [0.5, 0.6) is 11.5 Å². The molecular formula is C35H29ClN4O7S. The number of rotatable bonds is 9. The van der Waals surface area contributed by atoms with Crippen LogP contribution in [0.15, 0.2) is 95.9 Å². The Kier molecular flexibility index (Phi) is 8.69. The highest BCUT2D eigenvalue weighted by atomic mass is 35.5. The third kappa shape index (κ3) is 6.10. The summed E-state index contributed by atoms with van der Waals surface area (Å²) in [6, 6.07) is 25.0. The number of hydrazine groups is 1. The monoisotopic (exact) mass is 684 g/mol. The Morgan fingerprint density at radius 2 is 1.46 bits per heavy atom. The maximum Gasteiger partial charge on any atom is 0.269 e. The molecule has 11 nitrogen and oxygen atoms in total. The van der Waals surface area contributed by atoms with Crippen LogP contribution in [0.25, 0.3) is 10.8 Å². The molecule has 1 heterocycles. The molecule has 0 atom stereocenters. The molecule has 0 saturated carbocycles. The SMILES string of the molecule is COc1cc(OC)c(NS(=O)(=O)c2cc(C(=O)NNC(=O)c3ccc(CN4C(=O)c5cccc6cccc4c56)cc3)ccc2C)cc1Cl. The molecule has 5 aromatic rings. The van der Waals surface area contributed by atoms with Crippen LogP contribution >= 0.6 is 11.6 Å². The molecule has 0 aliphatic carbocycles. The van der Waals surface area contributed by atoms with E-state index in [1.54, 1.807) is 36.1 Å². The minimum atomic E-state index is -4.21. The average molecular weight is 685 g/mol. The lowest BCUT2D eigenvalue weighted by atomic mass is 10.1. The maximum absolute atomic E-state index is 13.4. The minimum Gasteiger partial charge on any atom is -0.495 e. The minimum absolute atomic E-state index is 0.0114. The van der Waals surface area contributed by atoms with Gasteiger partial charge in [-0.3, -0.25) is 30.0 Å². The van der Waals surface area contributed by atoms with Crippen molar-refractivity contribution < 1.29 is 32.3 Å². The normalized spacial score (nSPS) is 12.2. The van der Waals surface area contributed by atoms with Crippen LogP contribution in [0.2, 0.25) is 5.02 Å². The zero-order valence-electron chi connectivity index (χ0n) is 26.0. The Morgan fingerprint density at radius 1 is 0.812 bits per heavy atom. The summed E-state index contributed by atoms with van der Waals surface area (Å²) in [6.07, 6.45) is 0. The number of nitrogens with one attached hydrogen (secondary N) is 3. The number of benzene rings is 5. The number of carbonyl (C=O) groups excluding carboxylic acids is 3. The van der Waals surface area contributed by atoms with Crippen molar-refractivity contribution in [3.05, 3.63) is 124 Å². The second kappa shape index (κ2) is 12.9. The van der Waals surface area contributed by atoms with Gasteiger partial charge in [0.15, 0.2) is 0 Å². The molecule has 6 rings (SSSR count). The second-order valence-electron chi connectivity index (χ2n) is 11.0. The van der Waals surface area contributed by atoms with Crippen LogP contribution < -0.4 is 29.9 Å². The van der Waals surface area contributed by atoms with E-state index in [2.05, 4.69) is 15.6 Å². The first-order valence-electron chi connectivity index (χ1n) is 14.6. The third-order valence-corrected chi connectivity index (χ3v) is 9.76. The van der Waals surface area contributed by atoms with Gasteiger partial charge >= 0.3 is 0 Å². The van der Waals surface area contributed by atoms with Crippen LogP contribution in [0, 0.1) is 6.92 Å². The Balaban J connectivity index is 1.11. The third-order valence-electron chi connectivity index (χ3n) is 7.95. The van der Waals surface area contributed by atoms with E-state index in [9.17, 15) is 22.8 Å². The van der Waals surface area contributed by atoms with Crippen molar-refractivity contribution in [2.45, 2.75) is 18.4 Å². The van der Waals surface area contributed by atoms with Gasteiger partial charge in [-0.25, -0.2) is 8.42 Å². The van der Waals surface area contributed by atoms with Crippen LogP contribution in [0.4, 0.5) is 11.4 Å². The second-order valence-corrected chi connectivity index (χ2v) is 13.0. The summed E-state index contributed by atoms with van der Waals surface area (Å²) in [4.78, 5) is 40.5. The van der Waals surface area contributed by atoms with Gasteiger partial charge in [0.05, 0.1) is 42.1 Å². The number of hydrogen-bond donors (Lipinski definition) is 3. The van der Waals surface area contributed by atoms with Crippen molar-refractivity contribution in [3.63, 3.8) is 0 Å². The summed E-state index contributed by atoms with van der Waals surface area (Å²) in [5.74, 6) is -0.932. The van der Waals surface area contributed by atoms with Gasteiger partial charge in [0, 0.05) is 28.1 Å². The van der Waals surface area contributed by atoms with Crippen molar-refractivity contribution in [3.8, 4) is 11.5 Å². The van der Waals surface area contributed by atoms with E-state index in [0.717, 1.165) is 22.0 Å². The van der Waals surface area contributed by atoms with Crippen molar-refractivity contribution >= 4 is 61.5 Å². The van der Waals surface area contributed by atoms with Crippen molar-refractivity contribution in [2.75, 3.05) is 23.8 Å². The Bertz CT molecular complexity index is 2220. The number of ether oxygens (including phenoxy) is 2. The van der Waals surface area contributed by atoms with E-state index in [1.165, 1.54) is 44.6 Å². The summed E-state index contributed by atoms with van der Waals surface area (Å²) in [7, 11) is -1.42. The number of nitrogens with zero attached hydrogens (tertiary/aromatic N) is 1. The van der Waals surface area contributed by atoms with E-state index in [4.69, 9.17) is 21.1 Å². The number of methoxy groups -OCH3 is 2. The molecule has 48 heavy (non-hydrogen) atoms. The molecule has 0 aromatic heterocycles. The number of carbonyl (C=O) groups is 3. The van der Waals surface area contributed by atoms with Crippen molar-refractivity contribution in [1.82, 2.24) is 10.9 Å². The number of halogens is 1. The van der Waals surface area contributed by atoms with Gasteiger partial charge in [-0.05, 0) is 65.9 Å². The van der Waals surface area contributed by atoms with E-state index in [-0.39, 0.29) is 38.4 Å². The van der Waals surface area contributed by atoms with Crippen molar-refractivity contribution in [2.24, 2.45) is 0 Å². The summed E-state index contributed by atoms with van der Waals surface area (Å²) in [6.45, 7) is 1.90. The molecule has 13 heteroatoms. The predicted molar refractivity (Wildman–Crippen MR) is 182 cm³/mol. The summed E-state index contributed by atoms with van der Waals surface area (Å²) in [5, 5.41) is 2.08. The standard InChI is InChI=1S/C35H29ClN4O7S/c1-20-10-13-24(16-31(20)48(44,45)39-27-17-26(36)29(46-2)18-30(27)47-3)34(42)38-37-33(41)23-14-11-21(12-15-23)19-40-28-9-5-7-22-6-4-8-25(32(22)28)35(40)43/h4-18,39H,19H2,1-3H3,(H,37,41)(H,38,42). The number of anilines is 2. The van der Waals surface area contributed by atoms with Crippen LogP contribution in [0.1, 0.15) is 42.2 Å². The zero-order valence-corrected chi connectivity index (χ0v) is 27.5. The van der Waals surface area contributed by atoms with Gasteiger partial charge in [-0.2, -0.15) is 0 Å².